The lowest BCUT2D eigenvalue weighted by Gasteiger charge is -2.15. The van der Waals surface area contributed by atoms with Gasteiger partial charge in [-0.05, 0) is 24.3 Å². The van der Waals surface area contributed by atoms with Gasteiger partial charge in [0.25, 0.3) is 5.91 Å². The molecule has 1 N–H and O–H groups in total. The summed E-state index contributed by atoms with van der Waals surface area (Å²) in [5.41, 5.74) is 1.16. The fraction of sp³-hybridized carbons (Fsp3) is 0.211. The number of nitrogens with one attached hydrogen (secondary N) is 1. The lowest BCUT2D eigenvalue weighted by atomic mass is 10.1. The fourth-order valence-corrected chi connectivity index (χ4v) is 3.00. The summed E-state index contributed by atoms with van der Waals surface area (Å²) in [7, 11) is 4.55. The van der Waals surface area contributed by atoms with Gasteiger partial charge in [0.2, 0.25) is 5.75 Å². The number of rotatable bonds is 8. The molecule has 2 rings (SSSR count). The molecule has 0 saturated carbocycles. The van der Waals surface area contributed by atoms with Gasteiger partial charge in [0, 0.05) is 16.2 Å². The van der Waals surface area contributed by atoms with Crippen molar-refractivity contribution in [2.45, 2.75) is 4.90 Å². The highest BCUT2D eigenvalue weighted by atomic mass is 32.2. The maximum Gasteiger partial charge on any atom is 0.255 e. The van der Waals surface area contributed by atoms with Crippen LogP contribution in [0.3, 0.4) is 0 Å². The van der Waals surface area contributed by atoms with Gasteiger partial charge in [0.05, 0.1) is 27.0 Å². The number of carbonyl (C=O) groups excluding carboxylic acids is 1. The molecule has 0 aliphatic rings. The summed E-state index contributed by atoms with van der Waals surface area (Å²) in [4.78, 5) is 13.7. The standard InChI is InChI=1S/C19H21NO4S/c1-5-10-25-17-9-7-6-8-14(17)20-19(21)13-11-15(22-2)18(24-4)16(12-13)23-3/h5-9,11-12H,1,10H2,2-4H3,(H,20,21). The van der Waals surface area contributed by atoms with Crippen molar-refractivity contribution in [3.05, 3.63) is 54.6 Å². The molecule has 25 heavy (non-hydrogen) atoms. The van der Waals surface area contributed by atoms with E-state index in [4.69, 9.17) is 14.2 Å². The summed E-state index contributed by atoms with van der Waals surface area (Å²) in [6.07, 6.45) is 1.82. The predicted molar refractivity (Wildman–Crippen MR) is 101 cm³/mol. The van der Waals surface area contributed by atoms with E-state index >= 15 is 0 Å². The number of ether oxygens (including phenoxy) is 3. The molecular weight excluding hydrogens is 338 g/mol. The van der Waals surface area contributed by atoms with Crippen molar-refractivity contribution in [3.63, 3.8) is 0 Å². The molecule has 0 unspecified atom stereocenters. The van der Waals surface area contributed by atoms with Crippen LogP contribution in [0.1, 0.15) is 10.4 Å². The minimum absolute atomic E-state index is 0.258. The molecule has 5 nitrogen and oxygen atoms in total. The van der Waals surface area contributed by atoms with Gasteiger partial charge in [0.1, 0.15) is 0 Å². The normalized spacial score (nSPS) is 10.0. The first-order valence-electron chi connectivity index (χ1n) is 7.58. The van der Waals surface area contributed by atoms with E-state index in [0.29, 0.717) is 22.8 Å². The number of hydrogen-bond acceptors (Lipinski definition) is 5. The largest absolute Gasteiger partial charge is 0.493 e. The zero-order valence-corrected chi connectivity index (χ0v) is 15.3. The molecule has 1 amide bonds. The van der Waals surface area contributed by atoms with Gasteiger partial charge in [-0.1, -0.05) is 18.2 Å². The molecular formula is C19H21NO4S. The third-order valence-corrected chi connectivity index (χ3v) is 4.49. The van der Waals surface area contributed by atoms with Crippen molar-refractivity contribution in [3.8, 4) is 17.2 Å². The molecule has 0 aliphatic carbocycles. The molecule has 0 saturated heterocycles. The Morgan fingerprint density at radius 1 is 1.12 bits per heavy atom. The summed E-state index contributed by atoms with van der Waals surface area (Å²) in [6.45, 7) is 3.72. The Balaban J connectivity index is 2.31. The quantitative estimate of drug-likeness (QED) is 0.564. The van der Waals surface area contributed by atoms with E-state index in [1.165, 1.54) is 21.3 Å². The summed E-state index contributed by atoms with van der Waals surface area (Å²) in [5, 5.41) is 2.93. The first-order chi connectivity index (χ1) is 12.1. The highest BCUT2D eigenvalue weighted by Crippen LogP contribution is 2.38. The van der Waals surface area contributed by atoms with Crippen molar-refractivity contribution in [1.29, 1.82) is 0 Å². The zero-order chi connectivity index (χ0) is 18.2. The smallest absolute Gasteiger partial charge is 0.255 e. The molecule has 0 aromatic heterocycles. The van der Waals surface area contributed by atoms with Crippen LogP contribution in [0.15, 0.2) is 53.9 Å². The second-order valence-electron chi connectivity index (χ2n) is 4.96. The number of carbonyl (C=O) groups is 1. The van der Waals surface area contributed by atoms with Crippen LogP contribution < -0.4 is 19.5 Å². The topological polar surface area (TPSA) is 56.8 Å². The van der Waals surface area contributed by atoms with Crippen LogP contribution in [0.4, 0.5) is 5.69 Å². The Labute approximate surface area is 152 Å². The van der Waals surface area contributed by atoms with Gasteiger partial charge in [0.15, 0.2) is 11.5 Å². The van der Waals surface area contributed by atoms with E-state index in [0.717, 1.165) is 16.3 Å². The van der Waals surface area contributed by atoms with E-state index in [1.807, 2.05) is 30.3 Å². The molecule has 2 aromatic carbocycles. The van der Waals surface area contributed by atoms with Gasteiger partial charge in [-0.2, -0.15) is 0 Å². The van der Waals surface area contributed by atoms with Crippen molar-refractivity contribution in [1.82, 2.24) is 0 Å². The molecule has 132 valence electrons. The zero-order valence-electron chi connectivity index (χ0n) is 14.5. The summed E-state index contributed by atoms with van der Waals surface area (Å²) < 4.78 is 15.9. The van der Waals surface area contributed by atoms with E-state index in [2.05, 4.69) is 11.9 Å². The number of methoxy groups -OCH3 is 3. The maximum atomic E-state index is 12.7. The molecule has 0 fully saturated rings. The lowest BCUT2D eigenvalue weighted by Crippen LogP contribution is -2.13. The summed E-state index contributed by atoms with van der Waals surface area (Å²) >= 11 is 1.60. The van der Waals surface area contributed by atoms with Crippen molar-refractivity contribution >= 4 is 23.4 Å². The number of anilines is 1. The van der Waals surface area contributed by atoms with Crippen LogP contribution in [0, 0.1) is 0 Å². The van der Waals surface area contributed by atoms with E-state index < -0.39 is 0 Å². The van der Waals surface area contributed by atoms with Gasteiger partial charge >= 0.3 is 0 Å². The Bertz CT molecular complexity index is 736. The first-order valence-corrected chi connectivity index (χ1v) is 8.57. The average Bonchev–Trinajstić information content (AvgIpc) is 2.65. The third kappa shape index (κ3) is 4.48. The van der Waals surface area contributed by atoms with Crippen LogP contribution >= 0.6 is 11.8 Å². The number of benzene rings is 2. The number of thioether (sulfide) groups is 1. The van der Waals surface area contributed by atoms with E-state index in [9.17, 15) is 4.79 Å². The molecule has 0 aliphatic heterocycles. The van der Waals surface area contributed by atoms with Crippen LogP contribution in [0.5, 0.6) is 17.2 Å². The molecule has 0 bridgehead atoms. The van der Waals surface area contributed by atoms with E-state index in [1.54, 1.807) is 23.9 Å². The van der Waals surface area contributed by atoms with Crippen LogP contribution in [-0.4, -0.2) is 33.0 Å². The van der Waals surface area contributed by atoms with Crippen LogP contribution in [0.2, 0.25) is 0 Å². The Kier molecular flexibility index (Phi) is 6.77. The van der Waals surface area contributed by atoms with Gasteiger partial charge in [-0.3, -0.25) is 4.79 Å². The molecule has 2 aromatic rings. The number of amides is 1. The first kappa shape index (κ1) is 18.7. The van der Waals surface area contributed by atoms with Gasteiger partial charge < -0.3 is 19.5 Å². The lowest BCUT2D eigenvalue weighted by molar-refractivity contribution is 0.102. The molecule has 0 radical (unpaired) electrons. The highest BCUT2D eigenvalue weighted by molar-refractivity contribution is 7.99. The molecule has 0 spiro atoms. The second kappa shape index (κ2) is 9.03. The summed E-state index contributed by atoms with van der Waals surface area (Å²) in [6, 6.07) is 10.9. The maximum absolute atomic E-state index is 12.7. The van der Waals surface area contributed by atoms with Gasteiger partial charge in [-0.15, -0.1) is 18.3 Å². The number of para-hydroxylation sites is 1. The summed E-state index contributed by atoms with van der Waals surface area (Å²) in [5.74, 6) is 1.81. The van der Waals surface area contributed by atoms with Crippen molar-refractivity contribution in [2.75, 3.05) is 32.4 Å². The molecule has 0 atom stereocenters. The molecule has 0 heterocycles. The Morgan fingerprint density at radius 3 is 2.32 bits per heavy atom. The average molecular weight is 359 g/mol. The SMILES string of the molecule is C=CCSc1ccccc1NC(=O)c1cc(OC)c(OC)c(OC)c1. The minimum atomic E-state index is -0.258. The minimum Gasteiger partial charge on any atom is -0.493 e. The molecule has 6 heteroatoms. The van der Waals surface area contributed by atoms with Crippen LogP contribution in [0.25, 0.3) is 0 Å². The third-order valence-electron chi connectivity index (χ3n) is 3.42. The van der Waals surface area contributed by atoms with Crippen LogP contribution in [-0.2, 0) is 0 Å². The van der Waals surface area contributed by atoms with Gasteiger partial charge in [-0.25, -0.2) is 0 Å². The number of hydrogen-bond donors (Lipinski definition) is 1. The predicted octanol–water partition coefficient (Wildman–Crippen LogP) is 4.24. The van der Waals surface area contributed by atoms with Crippen molar-refractivity contribution < 1.29 is 19.0 Å². The van der Waals surface area contributed by atoms with E-state index in [-0.39, 0.29) is 5.91 Å². The monoisotopic (exact) mass is 359 g/mol. The Hall–Kier alpha value is -2.60. The Morgan fingerprint density at radius 2 is 1.76 bits per heavy atom. The van der Waals surface area contributed by atoms with Crippen molar-refractivity contribution in [2.24, 2.45) is 0 Å². The fourth-order valence-electron chi connectivity index (χ4n) is 2.25. The second-order valence-corrected chi connectivity index (χ2v) is 6.03. The highest BCUT2D eigenvalue weighted by Gasteiger charge is 2.17.